The topological polar surface area (TPSA) is 46.0 Å². The first-order valence-corrected chi connectivity index (χ1v) is 8.37. The Morgan fingerprint density at radius 2 is 1.88 bits per heavy atom. The largest absolute Gasteiger partial charge is 0.371 e. The van der Waals surface area contributed by atoms with Crippen molar-refractivity contribution in [2.75, 3.05) is 23.3 Å². The molecule has 2 aromatic carbocycles. The third-order valence-corrected chi connectivity index (χ3v) is 4.40. The van der Waals surface area contributed by atoms with Gasteiger partial charge in [0.15, 0.2) is 0 Å². The van der Waals surface area contributed by atoms with Crippen LogP contribution in [0.25, 0.3) is 5.69 Å². The van der Waals surface area contributed by atoms with Crippen LogP contribution in [-0.2, 0) is 0 Å². The first-order valence-electron chi connectivity index (χ1n) is 8.37. The first kappa shape index (κ1) is 14.8. The number of nitrogens with one attached hydrogen (secondary N) is 1. The van der Waals surface area contributed by atoms with Crippen LogP contribution in [0.3, 0.4) is 0 Å². The molecule has 24 heavy (non-hydrogen) atoms. The molecule has 3 aromatic rings. The number of hydrogen-bond acceptors (Lipinski definition) is 4. The van der Waals surface area contributed by atoms with E-state index in [1.807, 2.05) is 36.4 Å². The lowest BCUT2D eigenvalue weighted by molar-refractivity contribution is 0.659. The lowest BCUT2D eigenvalue weighted by Crippen LogP contribution is -2.18. The molecule has 4 rings (SSSR count). The van der Waals surface area contributed by atoms with Gasteiger partial charge < -0.3 is 10.2 Å². The molecule has 122 valence electrons. The van der Waals surface area contributed by atoms with E-state index in [-0.39, 0.29) is 0 Å². The normalized spacial score (nSPS) is 17.2. The summed E-state index contributed by atoms with van der Waals surface area (Å²) in [6.45, 7) is 4.57. The van der Waals surface area contributed by atoms with Crippen molar-refractivity contribution in [1.29, 1.82) is 0 Å². The highest BCUT2D eigenvalue weighted by atomic mass is 15.4. The number of para-hydroxylation sites is 1. The van der Waals surface area contributed by atoms with E-state index in [1.165, 1.54) is 12.1 Å². The summed E-state index contributed by atoms with van der Waals surface area (Å²) < 4.78 is 1.77. The molecule has 0 bridgehead atoms. The minimum Gasteiger partial charge on any atom is -0.371 e. The minimum atomic E-state index is 0.603. The second-order valence-corrected chi connectivity index (χ2v) is 6.36. The Morgan fingerprint density at radius 1 is 1.04 bits per heavy atom. The van der Waals surface area contributed by atoms with Crippen molar-refractivity contribution in [3.8, 4) is 5.69 Å². The van der Waals surface area contributed by atoms with Crippen molar-refractivity contribution in [3.05, 3.63) is 60.9 Å². The monoisotopic (exact) mass is 319 g/mol. The van der Waals surface area contributed by atoms with Gasteiger partial charge in [0.2, 0.25) is 5.95 Å². The van der Waals surface area contributed by atoms with Crippen LogP contribution in [-0.4, -0.2) is 27.9 Å². The van der Waals surface area contributed by atoms with Gasteiger partial charge in [0.25, 0.3) is 0 Å². The fourth-order valence-electron chi connectivity index (χ4n) is 3.10. The zero-order valence-corrected chi connectivity index (χ0v) is 13.8. The Bertz CT molecular complexity index is 811. The molecule has 1 fully saturated rings. The molecule has 1 atom stereocenters. The molecule has 1 aliphatic heterocycles. The molecule has 0 amide bonds. The summed E-state index contributed by atoms with van der Waals surface area (Å²) in [5.74, 6) is 1.37. The summed E-state index contributed by atoms with van der Waals surface area (Å²) in [7, 11) is 0. The Hall–Kier alpha value is -2.82. The van der Waals surface area contributed by atoms with E-state index in [0.717, 1.165) is 30.4 Å². The smallest absolute Gasteiger partial charge is 0.246 e. The zero-order chi connectivity index (χ0) is 16.4. The summed E-state index contributed by atoms with van der Waals surface area (Å²) in [5, 5.41) is 7.80. The Labute approximate surface area is 142 Å². The molecule has 0 saturated carbocycles. The molecule has 1 aromatic heterocycles. The molecule has 5 nitrogen and oxygen atoms in total. The summed E-state index contributed by atoms with van der Waals surface area (Å²) in [6, 6.07) is 18.4. The van der Waals surface area contributed by atoms with Crippen molar-refractivity contribution in [3.63, 3.8) is 0 Å². The summed E-state index contributed by atoms with van der Waals surface area (Å²) in [4.78, 5) is 6.79. The van der Waals surface area contributed by atoms with Crippen LogP contribution in [0.1, 0.15) is 13.3 Å². The van der Waals surface area contributed by atoms with Crippen molar-refractivity contribution in [2.45, 2.75) is 13.3 Å². The van der Waals surface area contributed by atoms with Gasteiger partial charge in [0, 0.05) is 24.5 Å². The molecule has 0 radical (unpaired) electrons. The van der Waals surface area contributed by atoms with E-state index >= 15 is 0 Å². The van der Waals surface area contributed by atoms with Crippen LogP contribution < -0.4 is 10.2 Å². The van der Waals surface area contributed by atoms with Crippen LogP contribution in [0, 0.1) is 5.92 Å². The number of aromatic nitrogens is 3. The van der Waals surface area contributed by atoms with Gasteiger partial charge in [-0.3, -0.25) is 0 Å². The highest BCUT2D eigenvalue weighted by molar-refractivity contribution is 5.62. The molecule has 1 saturated heterocycles. The Balaban J connectivity index is 1.51. The maximum absolute atomic E-state index is 4.50. The Morgan fingerprint density at radius 3 is 2.67 bits per heavy atom. The van der Waals surface area contributed by atoms with Gasteiger partial charge in [0.05, 0.1) is 5.69 Å². The predicted molar refractivity (Wildman–Crippen MR) is 97.1 cm³/mol. The third-order valence-electron chi connectivity index (χ3n) is 4.40. The van der Waals surface area contributed by atoms with Gasteiger partial charge in [-0.15, -0.1) is 5.10 Å². The van der Waals surface area contributed by atoms with E-state index < -0.39 is 0 Å². The van der Waals surface area contributed by atoms with Gasteiger partial charge in [-0.05, 0) is 42.7 Å². The fraction of sp³-hybridized carbons (Fsp3) is 0.263. The SMILES string of the molecule is CC1CCN(c2cccc(Nc3ncn(-c4ccccc4)n3)c2)C1. The van der Waals surface area contributed by atoms with Crippen LogP contribution in [0.15, 0.2) is 60.9 Å². The highest BCUT2D eigenvalue weighted by Crippen LogP contribution is 2.26. The van der Waals surface area contributed by atoms with Gasteiger partial charge in [-0.1, -0.05) is 31.2 Å². The lowest BCUT2D eigenvalue weighted by atomic mass is 10.2. The van der Waals surface area contributed by atoms with Gasteiger partial charge in [-0.2, -0.15) is 4.98 Å². The molecule has 1 aliphatic rings. The van der Waals surface area contributed by atoms with Crippen molar-refractivity contribution < 1.29 is 0 Å². The van der Waals surface area contributed by atoms with E-state index in [4.69, 9.17) is 0 Å². The lowest BCUT2D eigenvalue weighted by Gasteiger charge is -2.19. The standard InChI is InChI=1S/C19H21N5/c1-15-10-11-23(13-15)18-9-5-6-16(12-18)21-19-20-14-24(22-19)17-7-3-2-4-8-17/h2-9,12,14-15H,10-11,13H2,1H3,(H,21,22). The van der Waals surface area contributed by atoms with Crippen molar-refractivity contribution in [2.24, 2.45) is 5.92 Å². The zero-order valence-electron chi connectivity index (χ0n) is 13.8. The summed E-state index contributed by atoms with van der Waals surface area (Å²) in [5.41, 5.74) is 3.27. The van der Waals surface area contributed by atoms with Gasteiger partial charge >= 0.3 is 0 Å². The average Bonchev–Trinajstić information content (AvgIpc) is 3.25. The van der Waals surface area contributed by atoms with E-state index in [9.17, 15) is 0 Å². The Kier molecular flexibility index (Phi) is 3.91. The highest BCUT2D eigenvalue weighted by Gasteiger charge is 2.19. The maximum Gasteiger partial charge on any atom is 0.246 e. The summed E-state index contributed by atoms with van der Waals surface area (Å²) >= 11 is 0. The number of benzene rings is 2. The van der Waals surface area contributed by atoms with E-state index in [2.05, 4.69) is 45.4 Å². The minimum absolute atomic E-state index is 0.603. The number of hydrogen-bond donors (Lipinski definition) is 1. The fourth-order valence-corrected chi connectivity index (χ4v) is 3.10. The number of anilines is 3. The third kappa shape index (κ3) is 3.11. The molecule has 1 N–H and O–H groups in total. The quantitative estimate of drug-likeness (QED) is 0.793. The molecule has 0 spiro atoms. The van der Waals surface area contributed by atoms with Crippen LogP contribution in [0.2, 0.25) is 0 Å². The predicted octanol–water partition coefficient (Wildman–Crippen LogP) is 3.86. The second-order valence-electron chi connectivity index (χ2n) is 6.36. The second kappa shape index (κ2) is 6.35. The summed E-state index contributed by atoms with van der Waals surface area (Å²) in [6.07, 6.45) is 2.99. The molecule has 0 aliphatic carbocycles. The molecular weight excluding hydrogens is 298 g/mol. The maximum atomic E-state index is 4.50. The first-order chi connectivity index (χ1) is 11.8. The van der Waals surface area contributed by atoms with E-state index in [1.54, 1.807) is 11.0 Å². The van der Waals surface area contributed by atoms with Crippen molar-refractivity contribution >= 4 is 17.3 Å². The van der Waals surface area contributed by atoms with Crippen LogP contribution in [0.5, 0.6) is 0 Å². The van der Waals surface area contributed by atoms with Gasteiger partial charge in [0.1, 0.15) is 6.33 Å². The van der Waals surface area contributed by atoms with E-state index in [0.29, 0.717) is 5.95 Å². The average molecular weight is 319 g/mol. The van der Waals surface area contributed by atoms with Crippen LogP contribution in [0.4, 0.5) is 17.3 Å². The molecular formula is C19H21N5. The van der Waals surface area contributed by atoms with Crippen LogP contribution >= 0.6 is 0 Å². The number of rotatable bonds is 4. The van der Waals surface area contributed by atoms with Gasteiger partial charge in [-0.25, -0.2) is 4.68 Å². The molecule has 2 heterocycles. The molecule has 5 heteroatoms. The number of nitrogens with zero attached hydrogens (tertiary/aromatic N) is 4. The van der Waals surface area contributed by atoms with Crippen molar-refractivity contribution in [1.82, 2.24) is 14.8 Å². The molecule has 1 unspecified atom stereocenters.